The molecule has 64 heavy (non-hydrogen) atoms. The molecular weight excluding hydrogens is 799 g/mol. The number of H-pyrrole nitrogens is 3. The maximum atomic E-state index is 4.58. The highest BCUT2D eigenvalue weighted by molar-refractivity contribution is 5.89. The van der Waals surface area contributed by atoms with Gasteiger partial charge < -0.3 is 29.7 Å². The molecule has 6 saturated heterocycles. The van der Waals surface area contributed by atoms with Crippen LogP contribution in [-0.2, 0) is 0 Å². The summed E-state index contributed by atoms with van der Waals surface area (Å²) in [4.78, 5) is 51.0. The Morgan fingerprint density at radius 1 is 0.516 bits per heavy atom. The molecule has 3 N–H and O–H groups in total. The van der Waals surface area contributed by atoms with Gasteiger partial charge in [0, 0.05) is 94.1 Å². The van der Waals surface area contributed by atoms with Gasteiger partial charge in [-0.15, -0.1) is 0 Å². The number of piperidine rings is 3. The minimum absolute atomic E-state index is 0.291. The topological polar surface area (TPSA) is 144 Å². The number of nitrogens with one attached hydrogen (secondary N) is 3. The standard InChI is InChI=1S/C16H23N5.C15H21N5.C14H19N5.2C2H6/c1-15(2)9-20(3)16(15)6-4-8-21(10-16)14-12-5-7-17-13(12)18-11-19-14;1-11-8-19(2)15(11)5-3-7-20(9-15)14-12-4-6-16-13(12)17-10-18-14;1-18-8-5-14(18)4-2-7-19(9-14)13-11-3-6-15-12(11)16-10-17-13;2*1-2/h5,7,11H,4,6,8-10H2,1-3H3,(H,17,18,19);4,6,10-11H,3,5,7-9H2,1-2H3,(H,16,17,18);3,6,10H,2,4-5,7-9H2,1H3,(H,15,16,17);2*1-2H3. The lowest BCUT2D eigenvalue weighted by Crippen LogP contribution is -2.76. The van der Waals surface area contributed by atoms with E-state index in [1.54, 1.807) is 19.0 Å². The van der Waals surface area contributed by atoms with Crippen LogP contribution in [0.3, 0.4) is 0 Å². The van der Waals surface area contributed by atoms with Crippen molar-refractivity contribution in [3.8, 4) is 0 Å². The van der Waals surface area contributed by atoms with Gasteiger partial charge in [-0.3, -0.25) is 14.7 Å². The molecule has 3 spiro atoms. The summed E-state index contributed by atoms with van der Waals surface area (Å²) in [5, 5.41) is 3.41. The number of rotatable bonds is 3. The molecular formula is C49H75N15. The molecule has 346 valence electrons. The SMILES string of the molecule is CC.CC.CC1CN(C)C12CCCN(c1ncnc3[nH]ccc13)C2.CN1CC(C)(C)C12CCCN(c1ncnc3[nH]ccc13)C2.CN1CCC12CCCN(c1ncnc3[nH]ccc13)C2. The summed E-state index contributed by atoms with van der Waals surface area (Å²) in [5.41, 5.74) is 4.22. The number of nitrogens with zero attached hydrogens (tertiary/aromatic N) is 12. The number of hydrogen-bond acceptors (Lipinski definition) is 12. The van der Waals surface area contributed by atoms with Crippen LogP contribution in [0, 0.1) is 11.3 Å². The molecule has 0 aromatic carbocycles. The fourth-order valence-electron chi connectivity index (χ4n) is 12.2. The molecule has 4 unspecified atom stereocenters. The highest BCUT2D eigenvalue weighted by atomic mass is 15.4. The summed E-state index contributed by atoms with van der Waals surface area (Å²) >= 11 is 0. The fraction of sp³-hybridized carbons (Fsp3) is 0.633. The number of anilines is 3. The maximum Gasteiger partial charge on any atom is 0.142 e. The van der Waals surface area contributed by atoms with Crippen LogP contribution >= 0.6 is 0 Å². The van der Waals surface area contributed by atoms with Crippen LogP contribution in [0.4, 0.5) is 17.5 Å². The minimum atomic E-state index is 0.291. The van der Waals surface area contributed by atoms with Gasteiger partial charge in [-0.2, -0.15) is 0 Å². The second kappa shape index (κ2) is 18.6. The van der Waals surface area contributed by atoms with Gasteiger partial charge in [0.25, 0.3) is 0 Å². The van der Waals surface area contributed by atoms with Gasteiger partial charge in [0.05, 0.1) is 16.2 Å². The quantitative estimate of drug-likeness (QED) is 0.160. The molecule has 6 aliphatic heterocycles. The fourth-order valence-corrected chi connectivity index (χ4v) is 12.2. The zero-order valence-corrected chi connectivity index (χ0v) is 40.5. The maximum absolute atomic E-state index is 4.58. The number of likely N-dealkylation sites (N-methyl/N-ethyl adjacent to an activating group) is 3. The summed E-state index contributed by atoms with van der Waals surface area (Å²) < 4.78 is 0. The predicted octanol–water partition coefficient (Wildman–Crippen LogP) is 7.83. The van der Waals surface area contributed by atoms with E-state index >= 15 is 0 Å². The van der Waals surface area contributed by atoms with E-state index in [2.05, 4.69) is 134 Å². The number of hydrogen-bond donors (Lipinski definition) is 3. The van der Waals surface area contributed by atoms with Crippen LogP contribution in [0.1, 0.15) is 93.4 Å². The highest BCUT2D eigenvalue weighted by Crippen LogP contribution is 2.51. The van der Waals surface area contributed by atoms with Crippen molar-refractivity contribution in [1.82, 2.24) is 59.6 Å². The van der Waals surface area contributed by atoms with Crippen LogP contribution in [-0.4, -0.2) is 156 Å². The molecule has 15 heteroatoms. The Bertz CT molecular complexity index is 2450. The predicted molar refractivity (Wildman–Crippen MR) is 262 cm³/mol. The molecule has 6 aromatic heterocycles. The molecule has 12 heterocycles. The van der Waals surface area contributed by atoms with E-state index in [1.165, 1.54) is 64.6 Å². The third kappa shape index (κ3) is 7.88. The summed E-state index contributed by atoms with van der Waals surface area (Å²) in [7, 11) is 6.77. The van der Waals surface area contributed by atoms with E-state index in [0.29, 0.717) is 22.0 Å². The zero-order chi connectivity index (χ0) is 45.3. The first kappa shape index (κ1) is 45.7. The van der Waals surface area contributed by atoms with Gasteiger partial charge >= 0.3 is 0 Å². The molecule has 6 aromatic rings. The lowest BCUT2D eigenvalue weighted by molar-refractivity contribution is -0.129. The Kier molecular flexibility index (Phi) is 13.3. The highest BCUT2D eigenvalue weighted by Gasteiger charge is 2.58. The molecule has 0 radical (unpaired) electrons. The van der Waals surface area contributed by atoms with Crippen LogP contribution in [0.15, 0.2) is 55.8 Å². The van der Waals surface area contributed by atoms with E-state index in [9.17, 15) is 0 Å². The second-order valence-electron chi connectivity index (χ2n) is 19.4. The van der Waals surface area contributed by atoms with E-state index in [-0.39, 0.29) is 0 Å². The normalized spacial score (nSPS) is 27.7. The van der Waals surface area contributed by atoms with Crippen molar-refractivity contribution in [2.45, 2.75) is 110 Å². The lowest BCUT2D eigenvalue weighted by Gasteiger charge is -2.66. The largest absolute Gasteiger partial charge is 0.354 e. The molecule has 0 aliphatic carbocycles. The number of aromatic amines is 3. The number of likely N-dealkylation sites (tertiary alicyclic amines) is 3. The monoisotopic (exact) mass is 874 g/mol. The molecule has 0 bridgehead atoms. The van der Waals surface area contributed by atoms with Gasteiger partial charge in [0.2, 0.25) is 0 Å². The summed E-state index contributed by atoms with van der Waals surface area (Å²) in [6.07, 6.45) is 19.8. The van der Waals surface area contributed by atoms with Crippen molar-refractivity contribution in [1.29, 1.82) is 0 Å². The average Bonchev–Trinajstić information content (AvgIpc) is 4.15. The number of fused-ring (bicyclic) bond motifs is 3. The third-order valence-electron chi connectivity index (χ3n) is 16.0. The smallest absolute Gasteiger partial charge is 0.142 e. The van der Waals surface area contributed by atoms with E-state index < -0.39 is 0 Å². The Morgan fingerprint density at radius 3 is 1.41 bits per heavy atom. The van der Waals surface area contributed by atoms with Crippen LogP contribution < -0.4 is 14.7 Å². The summed E-state index contributed by atoms with van der Waals surface area (Å²) in [5.74, 6) is 4.03. The second-order valence-corrected chi connectivity index (χ2v) is 19.4. The minimum Gasteiger partial charge on any atom is -0.354 e. The van der Waals surface area contributed by atoms with Crippen molar-refractivity contribution in [3.05, 3.63) is 55.8 Å². The molecule has 12 rings (SSSR count). The first-order valence-corrected chi connectivity index (χ1v) is 24.3. The Morgan fingerprint density at radius 2 is 0.984 bits per heavy atom. The summed E-state index contributed by atoms with van der Waals surface area (Å²) in [6, 6.07) is 6.25. The Hall–Kier alpha value is -4.86. The van der Waals surface area contributed by atoms with Crippen molar-refractivity contribution in [3.63, 3.8) is 0 Å². The number of aromatic nitrogens is 9. The zero-order valence-electron chi connectivity index (χ0n) is 40.5. The molecule has 6 fully saturated rings. The van der Waals surface area contributed by atoms with Crippen molar-refractivity contribution < 1.29 is 0 Å². The van der Waals surface area contributed by atoms with Gasteiger partial charge in [-0.05, 0) is 95.6 Å². The van der Waals surface area contributed by atoms with Gasteiger partial charge in [-0.25, -0.2) is 29.9 Å². The Labute approximate surface area is 380 Å². The first-order chi connectivity index (χ1) is 31.0. The van der Waals surface area contributed by atoms with Crippen LogP contribution in [0.2, 0.25) is 0 Å². The molecule has 6 aliphatic rings. The van der Waals surface area contributed by atoms with Crippen molar-refractivity contribution >= 4 is 50.6 Å². The van der Waals surface area contributed by atoms with E-state index in [0.717, 1.165) is 95.7 Å². The van der Waals surface area contributed by atoms with Crippen molar-refractivity contribution in [2.75, 3.05) is 94.7 Å². The van der Waals surface area contributed by atoms with Gasteiger partial charge in [0.1, 0.15) is 53.4 Å². The lowest BCUT2D eigenvalue weighted by atomic mass is 9.60. The summed E-state index contributed by atoms with van der Waals surface area (Å²) in [6.45, 7) is 25.4. The molecule has 15 nitrogen and oxygen atoms in total. The first-order valence-electron chi connectivity index (χ1n) is 24.3. The average molecular weight is 874 g/mol. The van der Waals surface area contributed by atoms with Gasteiger partial charge in [0.15, 0.2) is 0 Å². The molecule has 0 amide bonds. The van der Waals surface area contributed by atoms with Gasteiger partial charge in [-0.1, -0.05) is 48.5 Å². The Balaban J connectivity index is 0.000000126. The van der Waals surface area contributed by atoms with E-state index in [4.69, 9.17) is 0 Å². The molecule has 0 saturated carbocycles. The van der Waals surface area contributed by atoms with Crippen LogP contribution in [0.25, 0.3) is 33.1 Å². The molecule has 4 atom stereocenters. The van der Waals surface area contributed by atoms with Crippen LogP contribution in [0.5, 0.6) is 0 Å². The van der Waals surface area contributed by atoms with E-state index in [1.807, 2.05) is 46.3 Å². The third-order valence-corrected chi connectivity index (χ3v) is 16.0. The van der Waals surface area contributed by atoms with Crippen molar-refractivity contribution in [2.24, 2.45) is 11.3 Å².